The number of imide groups is 1. The van der Waals surface area contributed by atoms with E-state index in [1.165, 1.54) is 13.0 Å². The van der Waals surface area contributed by atoms with Crippen molar-refractivity contribution in [2.24, 2.45) is 0 Å². The number of pyridine rings is 1. The Kier molecular flexibility index (Phi) is 3.63. The molecule has 3 rings (SSSR count). The zero-order valence-electron chi connectivity index (χ0n) is 13.2. The Morgan fingerprint density at radius 2 is 1.88 bits per heavy atom. The van der Waals surface area contributed by atoms with Crippen molar-refractivity contribution in [2.45, 2.75) is 6.92 Å². The number of nitrogens with one attached hydrogen (secondary N) is 1. The van der Waals surface area contributed by atoms with Gasteiger partial charge in [-0.25, -0.2) is 9.18 Å². The van der Waals surface area contributed by atoms with Gasteiger partial charge in [-0.2, -0.15) is 0 Å². The summed E-state index contributed by atoms with van der Waals surface area (Å²) in [5.74, 6) is -3.41. The van der Waals surface area contributed by atoms with Crippen LogP contribution in [0, 0.1) is 12.7 Å². The minimum absolute atomic E-state index is 0.111. The predicted octanol–water partition coefficient (Wildman–Crippen LogP) is 0.537. The van der Waals surface area contributed by atoms with E-state index >= 15 is 0 Å². The van der Waals surface area contributed by atoms with E-state index in [2.05, 4.69) is 4.74 Å². The predicted molar refractivity (Wildman–Crippen MR) is 84.3 cm³/mol. The number of ether oxygens (including phenoxy) is 1. The molecule has 0 unspecified atom stereocenters. The number of anilines is 1. The molecule has 1 aromatic heterocycles. The third-order valence-electron chi connectivity index (χ3n) is 3.88. The maximum Gasteiger partial charge on any atom is 0.340 e. The van der Waals surface area contributed by atoms with Crippen molar-refractivity contribution >= 4 is 23.6 Å². The monoisotopic (exact) mass is 345 g/mol. The van der Waals surface area contributed by atoms with Gasteiger partial charge in [-0.3, -0.25) is 24.3 Å². The van der Waals surface area contributed by atoms with Gasteiger partial charge in [-0.15, -0.1) is 0 Å². The first-order chi connectivity index (χ1) is 11.8. The van der Waals surface area contributed by atoms with E-state index in [0.717, 1.165) is 23.8 Å². The lowest BCUT2D eigenvalue weighted by molar-refractivity contribution is 0.0600. The van der Waals surface area contributed by atoms with Crippen LogP contribution in [0.1, 0.15) is 36.6 Å². The van der Waals surface area contributed by atoms with Gasteiger partial charge in [0.15, 0.2) is 0 Å². The van der Waals surface area contributed by atoms with E-state index in [9.17, 15) is 23.6 Å². The molecule has 1 aromatic carbocycles. The number of fused-ring (bicyclic) bond motifs is 1. The van der Waals surface area contributed by atoms with E-state index in [1.807, 2.05) is 5.32 Å². The van der Waals surface area contributed by atoms with Crippen molar-refractivity contribution in [3.05, 3.63) is 56.6 Å². The molecule has 0 bridgehead atoms. The zero-order chi connectivity index (χ0) is 18.5. The van der Waals surface area contributed by atoms with Gasteiger partial charge in [0.1, 0.15) is 11.6 Å². The number of aryl methyl sites for hydroxylation is 1. The molecule has 0 aliphatic carbocycles. The second kappa shape index (κ2) is 5.55. The molecule has 0 saturated carbocycles. The molecule has 25 heavy (non-hydrogen) atoms. The lowest BCUT2D eigenvalue weighted by atomic mass is 10.1. The SMILES string of the molecule is COC(=O)c1cc(C)c(F)cc1-n1c(N)c2c(cc1=O)C(=O)NC2=O. The first kappa shape index (κ1) is 16.4. The molecule has 0 spiro atoms. The van der Waals surface area contributed by atoms with Crippen molar-refractivity contribution in [3.8, 4) is 5.69 Å². The standard InChI is InChI=1S/C16H12FN3O5/c1-6-3-7(16(24)25-2)10(5-9(6)17)20-11(21)4-8-12(13(20)18)15(23)19-14(8)22/h3-5H,18H2,1-2H3,(H,19,22,23). The van der Waals surface area contributed by atoms with Gasteiger partial charge in [-0.1, -0.05) is 0 Å². The summed E-state index contributed by atoms with van der Waals surface area (Å²) >= 11 is 0. The van der Waals surface area contributed by atoms with Crippen molar-refractivity contribution in [3.63, 3.8) is 0 Å². The lowest BCUT2D eigenvalue weighted by Crippen LogP contribution is -2.26. The molecule has 8 nitrogen and oxygen atoms in total. The number of hydrogen-bond acceptors (Lipinski definition) is 6. The van der Waals surface area contributed by atoms with Crippen LogP contribution in [0.25, 0.3) is 5.69 Å². The molecule has 2 aromatic rings. The average Bonchev–Trinajstić information content (AvgIpc) is 2.83. The van der Waals surface area contributed by atoms with Crippen molar-refractivity contribution < 1.29 is 23.5 Å². The van der Waals surface area contributed by atoms with Gasteiger partial charge in [0.25, 0.3) is 17.4 Å². The van der Waals surface area contributed by atoms with Gasteiger partial charge >= 0.3 is 5.97 Å². The molecule has 3 N–H and O–H groups in total. The molecule has 2 amide bonds. The average molecular weight is 345 g/mol. The Morgan fingerprint density at radius 3 is 2.52 bits per heavy atom. The lowest BCUT2D eigenvalue weighted by Gasteiger charge is -2.15. The Balaban J connectivity index is 2.40. The fourth-order valence-electron chi connectivity index (χ4n) is 2.66. The zero-order valence-corrected chi connectivity index (χ0v) is 13.2. The highest BCUT2D eigenvalue weighted by Crippen LogP contribution is 2.26. The number of benzene rings is 1. The topological polar surface area (TPSA) is 120 Å². The molecule has 0 saturated heterocycles. The number of rotatable bonds is 2. The summed E-state index contributed by atoms with van der Waals surface area (Å²) in [6, 6.07) is 3.06. The summed E-state index contributed by atoms with van der Waals surface area (Å²) in [6.07, 6.45) is 0. The number of carbonyl (C=O) groups is 3. The number of esters is 1. The van der Waals surface area contributed by atoms with Crippen LogP contribution in [0.2, 0.25) is 0 Å². The van der Waals surface area contributed by atoms with Crippen LogP contribution >= 0.6 is 0 Å². The molecule has 0 atom stereocenters. The first-order valence-corrected chi connectivity index (χ1v) is 7.06. The third-order valence-corrected chi connectivity index (χ3v) is 3.88. The van der Waals surface area contributed by atoms with Gasteiger partial charge in [0.2, 0.25) is 0 Å². The number of nitrogen functional groups attached to an aromatic ring is 1. The highest BCUT2D eigenvalue weighted by Gasteiger charge is 2.32. The smallest absolute Gasteiger partial charge is 0.340 e. The fraction of sp³-hybridized carbons (Fsp3) is 0.125. The second-order valence-electron chi connectivity index (χ2n) is 5.39. The normalized spacial score (nSPS) is 12.8. The summed E-state index contributed by atoms with van der Waals surface area (Å²) in [7, 11) is 1.13. The molecule has 1 aliphatic heterocycles. The number of halogens is 1. The number of amides is 2. The Hall–Kier alpha value is -3.49. The number of nitrogens with zero attached hydrogens (tertiary/aromatic N) is 1. The summed E-state index contributed by atoms with van der Waals surface area (Å²) in [6.45, 7) is 1.44. The van der Waals surface area contributed by atoms with E-state index in [-0.39, 0.29) is 33.8 Å². The summed E-state index contributed by atoms with van der Waals surface area (Å²) in [5.41, 5.74) is 4.58. The van der Waals surface area contributed by atoms with Crippen LogP contribution in [-0.4, -0.2) is 29.5 Å². The van der Waals surface area contributed by atoms with Crippen LogP contribution in [0.15, 0.2) is 23.0 Å². The number of carbonyl (C=O) groups excluding carboxylic acids is 3. The first-order valence-electron chi connectivity index (χ1n) is 7.06. The molecular formula is C16H12FN3O5. The van der Waals surface area contributed by atoms with Crippen LogP contribution in [-0.2, 0) is 4.74 Å². The second-order valence-corrected chi connectivity index (χ2v) is 5.39. The van der Waals surface area contributed by atoms with Gasteiger partial charge in [0, 0.05) is 6.07 Å². The van der Waals surface area contributed by atoms with Gasteiger partial charge < -0.3 is 10.5 Å². The van der Waals surface area contributed by atoms with Gasteiger partial charge in [0.05, 0.1) is 29.5 Å². The van der Waals surface area contributed by atoms with Crippen molar-refractivity contribution in [1.82, 2.24) is 9.88 Å². The summed E-state index contributed by atoms with van der Waals surface area (Å²) < 4.78 is 19.5. The Morgan fingerprint density at radius 1 is 1.20 bits per heavy atom. The molecule has 0 fully saturated rings. The van der Waals surface area contributed by atoms with E-state index in [4.69, 9.17) is 5.73 Å². The third kappa shape index (κ3) is 2.36. The van der Waals surface area contributed by atoms with E-state index in [1.54, 1.807) is 0 Å². The Labute approximate surface area is 140 Å². The maximum absolute atomic E-state index is 14.0. The molecule has 2 heterocycles. The molecule has 128 valence electrons. The maximum atomic E-state index is 14.0. The highest BCUT2D eigenvalue weighted by atomic mass is 19.1. The molecule has 9 heteroatoms. The Bertz CT molecular complexity index is 1030. The van der Waals surface area contributed by atoms with Gasteiger partial charge in [-0.05, 0) is 24.6 Å². The molecule has 1 aliphatic rings. The quantitative estimate of drug-likeness (QED) is 0.605. The number of aromatic nitrogens is 1. The summed E-state index contributed by atoms with van der Waals surface area (Å²) in [4.78, 5) is 48.0. The van der Waals surface area contributed by atoms with Crippen LogP contribution in [0.3, 0.4) is 0 Å². The van der Waals surface area contributed by atoms with E-state index < -0.39 is 29.2 Å². The largest absolute Gasteiger partial charge is 0.465 e. The van der Waals surface area contributed by atoms with Crippen molar-refractivity contribution in [1.29, 1.82) is 0 Å². The molecular weight excluding hydrogens is 333 g/mol. The van der Waals surface area contributed by atoms with Crippen molar-refractivity contribution in [2.75, 3.05) is 12.8 Å². The highest BCUT2D eigenvalue weighted by molar-refractivity contribution is 6.23. The minimum atomic E-state index is -0.814. The molecule has 0 radical (unpaired) electrons. The van der Waals surface area contributed by atoms with Crippen LogP contribution in [0.4, 0.5) is 10.2 Å². The number of methoxy groups -OCH3 is 1. The number of hydrogen-bond donors (Lipinski definition) is 2. The summed E-state index contributed by atoms with van der Waals surface area (Å²) in [5, 5.41) is 2.02. The van der Waals surface area contributed by atoms with Crippen LogP contribution < -0.4 is 16.6 Å². The minimum Gasteiger partial charge on any atom is -0.465 e. The fourth-order valence-corrected chi connectivity index (χ4v) is 2.66. The van der Waals surface area contributed by atoms with Crippen LogP contribution in [0.5, 0.6) is 0 Å². The van der Waals surface area contributed by atoms with E-state index in [0.29, 0.717) is 0 Å². The number of nitrogens with two attached hydrogens (primary N) is 1.